The Balaban J connectivity index is 2.30. The summed E-state index contributed by atoms with van der Waals surface area (Å²) in [5, 5.41) is 0. The van der Waals surface area contributed by atoms with Crippen molar-refractivity contribution in [2.24, 2.45) is 0 Å². The molecule has 1 aliphatic heterocycles. The van der Waals surface area contributed by atoms with Gasteiger partial charge < -0.3 is 4.90 Å². The molecule has 0 fully saturated rings. The molecule has 0 N–H and O–H groups in total. The molecule has 0 unspecified atom stereocenters. The zero-order chi connectivity index (χ0) is 12.4. The van der Waals surface area contributed by atoms with E-state index in [0.717, 1.165) is 4.47 Å². The van der Waals surface area contributed by atoms with E-state index in [9.17, 15) is 9.59 Å². The minimum absolute atomic E-state index is 0.437. The first kappa shape index (κ1) is 11.9. The number of Topliss-reactive ketones (excluding diaryl/α,β-unsaturated/α-hetero) is 1. The van der Waals surface area contributed by atoms with Gasteiger partial charge in [0, 0.05) is 17.4 Å². The second-order valence-electron chi connectivity index (χ2n) is 3.76. The number of carbonyl (C=O) groups is 2. The van der Waals surface area contributed by atoms with Crippen LogP contribution in [0.5, 0.6) is 0 Å². The molecule has 86 valence electrons. The van der Waals surface area contributed by atoms with Crippen LogP contribution in [-0.2, 0) is 4.79 Å². The first-order chi connectivity index (χ1) is 8.15. The molecule has 0 atom stereocenters. The maximum absolute atomic E-state index is 11.8. The van der Waals surface area contributed by atoms with E-state index >= 15 is 0 Å². The van der Waals surface area contributed by atoms with Crippen LogP contribution in [0, 0.1) is 12.3 Å². The van der Waals surface area contributed by atoms with Gasteiger partial charge in [-0.15, -0.1) is 12.3 Å². The van der Waals surface area contributed by atoms with Crippen LogP contribution in [0.15, 0.2) is 22.7 Å². The molecule has 2 rings (SSSR count). The fourth-order valence-corrected chi connectivity index (χ4v) is 2.18. The predicted molar refractivity (Wildman–Crippen MR) is 68.9 cm³/mol. The fraction of sp³-hybridized carbons (Fsp3) is 0.231. The van der Waals surface area contributed by atoms with Crippen molar-refractivity contribution in [1.29, 1.82) is 0 Å². The molecule has 1 aliphatic rings. The Bertz CT molecular complexity index is 531. The quantitative estimate of drug-likeness (QED) is 0.487. The van der Waals surface area contributed by atoms with E-state index in [2.05, 4.69) is 21.9 Å². The topological polar surface area (TPSA) is 37.4 Å². The van der Waals surface area contributed by atoms with Crippen LogP contribution in [0.2, 0.25) is 0 Å². The molecule has 0 aromatic heterocycles. The lowest BCUT2D eigenvalue weighted by Gasteiger charge is -2.15. The number of hydrogen-bond acceptors (Lipinski definition) is 2. The number of halogens is 1. The van der Waals surface area contributed by atoms with Gasteiger partial charge in [-0.2, -0.15) is 0 Å². The third kappa shape index (κ3) is 2.11. The van der Waals surface area contributed by atoms with E-state index in [1.54, 1.807) is 18.2 Å². The van der Waals surface area contributed by atoms with Gasteiger partial charge in [0.1, 0.15) is 0 Å². The average molecular weight is 292 g/mol. The molecule has 0 saturated carbocycles. The van der Waals surface area contributed by atoms with E-state index in [1.165, 1.54) is 4.90 Å². The number of fused-ring (bicyclic) bond motifs is 1. The fourth-order valence-electron chi connectivity index (χ4n) is 1.83. The smallest absolute Gasteiger partial charge is 0.299 e. The molecule has 4 heteroatoms. The standard InChI is InChI=1S/C13H10BrNO2/c1-2-3-4-7-15-11-8-9(14)5-6-10(11)12(16)13(15)17/h1,5-6,8H,3-4,7H2. The highest BCUT2D eigenvalue weighted by molar-refractivity contribution is 9.10. The van der Waals surface area contributed by atoms with Crippen molar-refractivity contribution < 1.29 is 9.59 Å². The molecular weight excluding hydrogens is 282 g/mol. The van der Waals surface area contributed by atoms with Crippen LogP contribution >= 0.6 is 15.9 Å². The lowest BCUT2D eigenvalue weighted by molar-refractivity contribution is -0.114. The van der Waals surface area contributed by atoms with Crippen LogP contribution in [0.4, 0.5) is 5.69 Å². The Morgan fingerprint density at radius 3 is 2.82 bits per heavy atom. The van der Waals surface area contributed by atoms with Gasteiger partial charge in [-0.25, -0.2) is 0 Å². The number of ketones is 1. The summed E-state index contributed by atoms with van der Waals surface area (Å²) in [6.07, 6.45) is 6.46. The summed E-state index contributed by atoms with van der Waals surface area (Å²) in [5.41, 5.74) is 1.14. The third-order valence-electron chi connectivity index (χ3n) is 2.64. The molecule has 0 radical (unpaired) electrons. The van der Waals surface area contributed by atoms with E-state index in [0.29, 0.717) is 30.6 Å². The monoisotopic (exact) mass is 291 g/mol. The summed E-state index contributed by atoms with van der Waals surface area (Å²) >= 11 is 3.33. The van der Waals surface area contributed by atoms with Crippen molar-refractivity contribution >= 4 is 33.3 Å². The molecular formula is C13H10BrNO2. The van der Waals surface area contributed by atoms with Crippen molar-refractivity contribution in [1.82, 2.24) is 0 Å². The number of terminal acetylenes is 1. The largest absolute Gasteiger partial charge is 0.305 e. The molecule has 0 aliphatic carbocycles. The van der Waals surface area contributed by atoms with Crippen LogP contribution in [0.3, 0.4) is 0 Å². The lowest BCUT2D eigenvalue weighted by Crippen LogP contribution is -2.30. The highest BCUT2D eigenvalue weighted by Crippen LogP contribution is 2.31. The number of unbranched alkanes of at least 4 members (excludes halogenated alkanes) is 1. The van der Waals surface area contributed by atoms with Crippen molar-refractivity contribution in [3.05, 3.63) is 28.2 Å². The Labute approximate surface area is 108 Å². The molecule has 0 saturated heterocycles. The molecule has 3 nitrogen and oxygen atoms in total. The van der Waals surface area contributed by atoms with Gasteiger partial charge in [-0.1, -0.05) is 15.9 Å². The van der Waals surface area contributed by atoms with Crippen molar-refractivity contribution in [2.75, 3.05) is 11.4 Å². The van der Waals surface area contributed by atoms with Gasteiger partial charge in [-0.3, -0.25) is 9.59 Å². The SMILES string of the molecule is C#CCCCN1C(=O)C(=O)c2ccc(Br)cc21. The minimum Gasteiger partial charge on any atom is -0.305 e. The summed E-state index contributed by atoms with van der Waals surface area (Å²) < 4.78 is 0.848. The highest BCUT2D eigenvalue weighted by atomic mass is 79.9. The summed E-state index contributed by atoms with van der Waals surface area (Å²) in [5.74, 6) is 1.62. The van der Waals surface area contributed by atoms with Crippen LogP contribution in [0.1, 0.15) is 23.2 Å². The summed E-state index contributed by atoms with van der Waals surface area (Å²) in [6, 6.07) is 5.21. The van der Waals surface area contributed by atoms with Gasteiger partial charge in [0.05, 0.1) is 11.3 Å². The number of hydrogen-bond donors (Lipinski definition) is 0. The maximum Gasteiger partial charge on any atom is 0.299 e. The van der Waals surface area contributed by atoms with Crippen LogP contribution < -0.4 is 4.90 Å². The number of benzene rings is 1. The highest BCUT2D eigenvalue weighted by Gasteiger charge is 2.35. The first-order valence-electron chi connectivity index (χ1n) is 5.24. The van der Waals surface area contributed by atoms with Crippen LogP contribution in [0.25, 0.3) is 0 Å². The van der Waals surface area contributed by atoms with E-state index in [4.69, 9.17) is 6.42 Å². The minimum atomic E-state index is -0.463. The zero-order valence-electron chi connectivity index (χ0n) is 9.07. The van der Waals surface area contributed by atoms with Gasteiger partial charge in [-0.05, 0) is 24.6 Å². The van der Waals surface area contributed by atoms with Crippen molar-refractivity contribution in [3.8, 4) is 12.3 Å². The lowest BCUT2D eigenvalue weighted by atomic mass is 10.1. The molecule has 1 aromatic carbocycles. The normalized spacial score (nSPS) is 13.8. The number of rotatable bonds is 3. The van der Waals surface area contributed by atoms with Gasteiger partial charge in [0.25, 0.3) is 11.7 Å². The maximum atomic E-state index is 11.8. The molecule has 1 amide bonds. The average Bonchev–Trinajstić information content (AvgIpc) is 2.54. The first-order valence-corrected chi connectivity index (χ1v) is 6.03. The summed E-state index contributed by atoms with van der Waals surface area (Å²) in [7, 11) is 0. The zero-order valence-corrected chi connectivity index (χ0v) is 10.7. The van der Waals surface area contributed by atoms with E-state index < -0.39 is 11.7 Å². The second kappa shape index (κ2) is 4.72. The molecule has 1 heterocycles. The van der Waals surface area contributed by atoms with Gasteiger partial charge >= 0.3 is 0 Å². The number of amides is 1. The molecule has 1 aromatic rings. The molecule has 0 bridgehead atoms. The summed E-state index contributed by atoms with van der Waals surface area (Å²) in [6.45, 7) is 0.484. The predicted octanol–water partition coefficient (Wildman–Crippen LogP) is 2.39. The number of anilines is 1. The van der Waals surface area contributed by atoms with Crippen molar-refractivity contribution in [2.45, 2.75) is 12.8 Å². The third-order valence-corrected chi connectivity index (χ3v) is 3.13. The Kier molecular flexibility index (Phi) is 3.30. The van der Waals surface area contributed by atoms with Gasteiger partial charge in [0.15, 0.2) is 0 Å². The van der Waals surface area contributed by atoms with Crippen molar-refractivity contribution in [3.63, 3.8) is 0 Å². The summed E-state index contributed by atoms with van der Waals surface area (Å²) in [4.78, 5) is 25.0. The Morgan fingerprint density at radius 2 is 2.12 bits per heavy atom. The van der Waals surface area contributed by atoms with E-state index in [-0.39, 0.29) is 0 Å². The molecule has 0 spiro atoms. The second-order valence-corrected chi connectivity index (χ2v) is 4.67. The van der Waals surface area contributed by atoms with Gasteiger partial charge in [0.2, 0.25) is 0 Å². The number of nitrogens with zero attached hydrogens (tertiary/aromatic N) is 1. The van der Waals surface area contributed by atoms with Crippen LogP contribution in [-0.4, -0.2) is 18.2 Å². The Hall–Kier alpha value is -1.60. The molecule has 17 heavy (non-hydrogen) atoms. The Morgan fingerprint density at radius 1 is 1.35 bits per heavy atom. The number of carbonyl (C=O) groups excluding carboxylic acids is 2. The van der Waals surface area contributed by atoms with E-state index in [1.807, 2.05) is 0 Å².